The van der Waals surface area contributed by atoms with E-state index in [-0.39, 0.29) is 41.7 Å². The molecular weight excluding hydrogens is 468 g/mol. The molecule has 4 fully saturated rings. The van der Waals surface area contributed by atoms with Gasteiger partial charge in [0.15, 0.2) is 6.10 Å². The second kappa shape index (κ2) is 8.68. The fourth-order valence-electron chi connectivity index (χ4n) is 7.86. The van der Waals surface area contributed by atoms with Crippen LogP contribution in [0.5, 0.6) is 0 Å². The molecule has 0 aromatic rings. The van der Waals surface area contributed by atoms with E-state index < -0.39 is 41.0 Å². The maximum absolute atomic E-state index is 13.4. The van der Waals surface area contributed by atoms with E-state index in [0.717, 1.165) is 5.57 Å². The maximum atomic E-state index is 13.4. The highest BCUT2D eigenvalue weighted by Gasteiger charge is 2.81. The number of ether oxygens (including phenoxy) is 5. The summed E-state index contributed by atoms with van der Waals surface area (Å²) in [7, 11) is 0. The summed E-state index contributed by atoms with van der Waals surface area (Å²) in [4.78, 5) is 24.8. The predicted molar refractivity (Wildman–Crippen MR) is 126 cm³/mol. The Morgan fingerprint density at radius 1 is 1.28 bits per heavy atom. The molecule has 3 saturated carbocycles. The molecular formula is C27H40O9. The molecule has 9 nitrogen and oxygen atoms in total. The molecule has 0 radical (unpaired) electrons. The summed E-state index contributed by atoms with van der Waals surface area (Å²) in [5.74, 6) is -1.23. The Morgan fingerprint density at radius 2 is 2.00 bits per heavy atom. The molecule has 1 unspecified atom stereocenters. The van der Waals surface area contributed by atoms with Gasteiger partial charge in [-0.25, -0.2) is 0 Å². The van der Waals surface area contributed by atoms with Crippen molar-refractivity contribution < 1.29 is 43.5 Å². The first-order valence-electron chi connectivity index (χ1n) is 13.2. The Labute approximate surface area is 212 Å². The van der Waals surface area contributed by atoms with Crippen molar-refractivity contribution in [3.63, 3.8) is 0 Å². The van der Waals surface area contributed by atoms with Gasteiger partial charge in [-0.3, -0.25) is 9.59 Å². The van der Waals surface area contributed by atoms with E-state index in [1.54, 1.807) is 13.2 Å². The largest absolute Gasteiger partial charge is 0.472 e. The van der Waals surface area contributed by atoms with Gasteiger partial charge in [0.05, 0.1) is 37.1 Å². The number of carbonyl (C=O) groups excluding carboxylic acids is 2. The normalized spacial score (nSPS) is 43.8. The summed E-state index contributed by atoms with van der Waals surface area (Å²) in [5, 5.41) is 21.2. The molecule has 36 heavy (non-hydrogen) atoms. The second-order valence-corrected chi connectivity index (χ2v) is 12.4. The first kappa shape index (κ1) is 25.9. The van der Waals surface area contributed by atoms with E-state index in [1.165, 1.54) is 6.92 Å². The maximum Gasteiger partial charge on any atom is 0.313 e. The van der Waals surface area contributed by atoms with Crippen LogP contribution < -0.4 is 0 Å². The van der Waals surface area contributed by atoms with Crippen LogP contribution in [-0.4, -0.2) is 71.7 Å². The van der Waals surface area contributed by atoms with Gasteiger partial charge >= 0.3 is 11.9 Å². The van der Waals surface area contributed by atoms with E-state index >= 15 is 0 Å². The average molecular weight is 509 g/mol. The standard InChI is InChI=1S/C27H40O9/c1-13(14(2)28)11-33-23-16-9-19(30)22-26(6)17-10-27(16,22)18(12-34-23)21(35-24(26)31)20(17)32-8-7-25(4,5)36-15(3)29/h12-14,16-17,19-23,28,30H,7-11H2,1-6H3/t13-,14-,16?,17+,19-,20+,21-,22+,23-,26-,27+/m1/s1. The van der Waals surface area contributed by atoms with Gasteiger partial charge in [-0.05, 0) is 40.5 Å². The van der Waals surface area contributed by atoms with Crippen LogP contribution in [0.15, 0.2) is 11.8 Å². The molecule has 0 amide bonds. The number of aliphatic hydroxyl groups is 2. The molecule has 1 saturated heterocycles. The van der Waals surface area contributed by atoms with Gasteiger partial charge in [-0.2, -0.15) is 0 Å². The fourth-order valence-corrected chi connectivity index (χ4v) is 7.86. The first-order valence-corrected chi connectivity index (χ1v) is 13.2. The van der Waals surface area contributed by atoms with E-state index in [1.807, 2.05) is 27.7 Å². The van der Waals surface area contributed by atoms with Crippen LogP contribution in [0.4, 0.5) is 0 Å². The highest BCUT2D eigenvalue weighted by atomic mass is 16.7. The Balaban J connectivity index is 1.42. The first-order chi connectivity index (χ1) is 16.8. The lowest BCUT2D eigenvalue weighted by molar-refractivity contribution is -0.213. The molecule has 2 aliphatic heterocycles. The summed E-state index contributed by atoms with van der Waals surface area (Å²) >= 11 is 0. The summed E-state index contributed by atoms with van der Waals surface area (Å²) < 4.78 is 30.1. The Kier molecular flexibility index (Phi) is 6.26. The van der Waals surface area contributed by atoms with Crippen LogP contribution in [0.25, 0.3) is 0 Å². The highest BCUT2D eigenvalue weighted by molar-refractivity contribution is 5.82. The minimum Gasteiger partial charge on any atom is -0.472 e. The summed E-state index contributed by atoms with van der Waals surface area (Å²) in [6.07, 6.45) is 0.653. The number of fused-ring (bicyclic) bond motifs is 3. The lowest BCUT2D eigenvalue weighted by atomic mass is 9.61. The van der Waals surface area contributed by atoms with Crippen molar-refractivity contribution in [2.24, 2.45) is 34.5 Å². The minimum atomic E-state index is -0.884. The molecule has 5 aliphatic rings. The zero-order chi connectivity index (χ0) is 26.2. The Hall–Kier alpha value is -1.68. The number of aliphatic hydroxyl groups excluding tert-OH is 2. The van der Waals surface area contributed by atoms with Crippen molar-refractivity contribution in [1.29, 1.82) is 0 Å². The minimum absolute atomic E-state index is 0.0612. The van der Waals surface area contributed by atoms with E-state index in [9.17, 15) is 19.8 Å². The smallest absolute Gasteiger partial charge is 0.313 e. The molecule has 2 heterocycles. The third-order valence-corrected chi connectivity index (χ3v) is 9.72. The van der Waals surface area contributed by atoms with Crippen molar-refractivity contribution in [1.82, 2.24) is 0 Å². The lowest BCUT2D eigenvalue weighted by Crippen LogP contribution is -2.58. The summed E-state index contributed by atoms with van der Waals surface area (Å²) in [5.41, 5.74) is -1.13. The molecule has 0 aromatic carbocycles. The van der Waals surface area contributed by atoms with Crippen LogP contribution >= 0.6 is 0 Å². The fraction of sp³-hybridized carbons (Fsp3) is 0.852. The third-order valence-electron chi connectivity index (χ3n) is 9.72. The van der Waals surface area contributed by atoms with Crippen LogP contribution in [0, 0.1) is 34.5 Å². The average Bonchev–Trinajstić information content (AvgIpc) is 3.18. The molecule has 202 valence electrons. The van der Waals surface area contributed by atoms with Gasteiger partial charge in [0.25, 0.3) is 0 Å². The van der Waals surface area contributed by atoms with E-state index in [4.69, 9.17) is 23.7 Å². The molecule has 5 rings (SSSR count). The van der Waals surface area contributed by atoms with Gasteiger partial charge in [0, 0.05) is 48.0 Å². The molecule has 9 heteroatoms. The van der Waals surface area contributed by atoms with Crippen LogP contribution in [0.3, 0.4) is 0 Å². The zero-order valence-corrected chi connectivity index (χ0v) is 22.1. The topological polar surface area (TPSA) is 121 Å². The van der Waals surface area contributed by atoms with E-state index in [2.05, 4.69) is 0 Å². The van der Waals surface area contributed by atoms with Gasteiger partial charge < -0.3 is 33.9 Å². The van der Waals surface area contributed by atoms with Gasteiger partial charge in [-0.1, -0.05) is 6.92 Å². The number of esters is 2. The van der Waals surface area contributed by atoms with Crippen LogP contribution in [-0.2, 0) is 33.3 Å². The Bertz CT molecular complexity index is 944. The quantitative estimate of drug-likeness (QED) is 0.452. The molecule has 11 atom stereocenters. The monoisotopic (exact) mass is 508 g/mol. The summed E-state index contributed by atoms with van der Waals surface area (Å²) in [6, 6.07) is 0. The molecule has 3 bridgehead atoms. The van der Waals surface area contributed by atoms with Crippen molar-refractivity contribution in [2.75, 3.05) is 13.2 Å². The number of hydrogen-bond acceptors (Lipinski definition) is 9. The highest BCUT2D eigenvalue weighted by Crippen LogP contribution is 2.77. The van der Waals surface area contributed by atoms with E-state index in [0.29, 0.717) is 32.5 Å². The lowest BCUT2D eigenvalue weighted by Gasteiger charge is -2.51. The number of carbonyl (C=O) groups is 2. The van der Waals surface area contributed by atoms with Crippen molar-refractivity contribution in [2.45, 2.75) is 97.1 Å². The molecule has 1 spiro atoms. The van der Waals surface area contributed by atoms with Crippen molar-refractivity contribution >= 4 is 11.9 Å². The molecule has 2 N–H and O–H groups in total. The van der Waals surface area contributed by atoms with Crippen molar-refractivity contribution in [3.8, 4) is 0 Å². The predicted octanol–water partition coefficient (Wildman–Crippen LogP) is 2.33. The van der Waals surface area contributed by atoms with Gasteiger partial charge in [-0.15, -0.1) is 0 Å². The molecule has 0 aromatic heterocycles. The number of rotatable bonds is 9. The van der Waals surface area contributed by atoms with Crippen LogP contribution in [0.1, 0.15) is 60.8 Å². The number of hydrogen-bond donors (Lipinski definition) is 2. The Morgan fingerprint density at radius 3 is 2.67 bits per heavy atom. The van der Waals surface area contributed by atoms with Gasteiger partial charge in [0.1, 0.15) is 11.7 Å². The SMILES string of the molecule is CC(=O)OC(C)(C)CCO[C@@H]1[C@@H]2OC(=O)[C@]3(C)[C@H]1C[C@@]14C2=CO[C@@H](OC[C@@H](C)[C@@H](C)O)C1C[C@@H](O)[C@@H]34. The van der Waals surface area contributed by atoms with Crippen LogP contribution in [0.2, 0.25) is 0 Å². The summed E-state index contributed by atoms with van der Waals surface area (Å²) in [6.45, 7) is 11.3. The third kappa shape index (κ3) is 3.64. The van der Waals surface area contributed by atoms with Crippen molar-refractivity contribution in [3.05, 3.63) is 11.8 Å². The zero-order valence-electron chi connectivity index (χ0n) is 22.1. The molecule has 3 aliphatic carbocycles. The van der Waals surface area contributed by atoms with Gasteiger partial charge in [0.2, 0.25) is 6.29 Å². The second-order valence-electron chi connectivity index (χ2n) is 12.4.